The molecule has 3 aromatic rings. The number of amides is 3. The summed E-state index contributed by atoms with van der Waals surface area (Å²) >= 11 is 5.72. The Hall–Kier alpha value is -3.92. The summed E-state index contributed by atoms with van der Waals surface area (Å²) in [6, 6.07) is 8.85. The SMILES string of the molecule is O=C(CNC(=O)c1cc(C(=O)NCc2ccc(F)c(Cl)c2)ncn1)NCc1cccnc1. The van der Waals surface area contributed by atoms with Gasteiger partial charge in [-0.2, -0.15) is 0 Å². The van der Waals surface area contributed by atoms with Gasteiger partial charge < -0.3 is 16.0 Å². The Bertz CT molecular complexity index is 1130. The van der Waals surface area contributed by atoms with Gasteiger partial charge in [0.25, 0.3) is 11.8 Å². The van der Waals surface area contributed by atoms with Gasteiger partial charge in [-0.15, -0.1) is 0 Å². The molecule has 0 radical (unpaired) electrons. The molecule has 2 aromatic heterocycles. The first-order chi connectivity index (χ1) is 15.4. The van der Waals surface area contributed by atoms with E-state index in [1.54, 1.807) is 18.5 Å². The first-order valence-electron chi connectivity index (χ1n) is 9.40. The second-order valence-corrected chi connectivity index (χ2v) is 6.95. The summed E-state index contributed by atoms with van der Waals surface area (Å²) < 4.78 is 13.2. The first-order valence-corrected chi connectivity index (χ1v) is 9.78. The molecule has 0 spiro atoms. The lowest BCUT2D eigenvalue weighted by Crippen LogP contribution is -2.37. The van der Waals surface area contributed by atoms with Crippen LogP contribution in [0.2, 0.25) is 5.02 Å². The third-order valence-corrected chi connectivity index (χ3v) is 4.48. The van der Waals surface area contributed by atoms with E-state index in [0.29, 0.717) is 5.56 Å². The van der Waals surface area contributed by atoms with Gasteiger partial charge in [0.2, 0.25) is 5.91 Å². The predicted octanol–water partition coefficient (Wildman–Crippen LogP) is 1.64. The van der Waals surface area contributed by atoms with Crippen LogP contribution in [0.15, 0.2) is 55.1 Å². The Labute approximate surface area is 187 Å². The molecule has 0 bridgehead atoms. The highest BCUT2D eigenvalue weighted by molar-refractivity contribution is 6.30. The molecule has 3 rings (SSSR count). The molecule has 0 aliphatic carbocycles. The van der Waals surface area contributed by atoms with Gasteiger partial charge in [-0.05, 0) is 29.3 Å². The highest BCUT2D eigenvalue weighted by Gasteiger charge is 2.14. The second kappa shape index (κ2) is 10.9. The monoisotopic (exact) mass is 456 g/mol. The molecule has 3 N–H and O–H groups in total. The van der Waals surface area contributed by atoms with Crippen molar-refractivity contribution < 1.29 is 18.8 Å². The fourth-order valence-electron chi connectivity index (χ4n) is 2.55. The lowest BCUT2D eigenvalue weighted by atomic mass is 10.2. The smallest absolute Gasteiger partial charge is 0.270 e. The maximum Gasteiger partial charge on any atom is 0.270 e. The van der Waals surface area contributed by atoms with Crippen LogP contribution in [-0.4, -0.2) is 39.2 Å². The zero-order valence-electron chi connectivity index (χ0n) is 16.6. The van der Waals surface area contributed by atoms with Crippen LogP contribution in [-0.2, 0) is 17.9 Å². The Morgan fingerprint density at radius 3 is 2.31 bits per heavy atom. The van der Waals surface area contributed by atoms with Crippen molar-refractivity contribution in [2.24, 2.45) is 0 Å². The molecule has 0 saturated carbocycles. The number of halogens is 2. The number of carbonyl (C=O) groups is 3. The Kier molecular flexibility index (Phi) is 7.76. The third kappa shape index (κ3) is 6.54. The van der Waals surface area contributed by atoms with E-state index in [4.69, 9.17) is 11.6 Å². The number of carbonyl (C=O) groups excluding carboxylic acids is 3. The minimum atomic E-state index is -0.636. The van der Waals surface area contributed by atoms with E-state index in [1.165, 1.54) is 24.3 Å². The van der Waals surface area contributed by atoms with E-state index in [9.17, 15) is 18.8 Å². The van der Waals surface area contributed by atoms with Crippen molar-refractivity contribution in [3.8, 4) is 0 Å². The van der Waals surface area contributed by atoms with Crippen LogP contribution in [0.5, 0.6) is 0 Å². The van der Waals surface area contributed by atoms with Crippen LogP contribution in [0.3, 0.4) is 0 Å². The molecular weight excluding hydrogens is 439 g/mol. The Morgan fingerprint density at radius 2 is 1.62 bits per heavy atom. The highest BCUT2D eigenvalue weighted by atomic mass is 35.5. The fraction of sp³-hybridized carbons (Fsp3) is 0.143. The molecule has 2 heterocycles. The number of rotatable bonds is 8. The summed E-state index contributed by atoms with van der Waals surface area (Å²) in [7, 11) is 0. The number of benzene rings is 1. The molecule has 164 valence electrons. The lowest BCUT2D eigenvalue weighted by Gasteiger charge is -2.08. The van der Waals surface area contributed by atoms with Gasteiger partial charge in [0.1, 0.15) is 23.5 Å². The second-order valence-electron chi connectivity index (χ2n) is 6.54. The summed E-state index contributed by atoms with van der Waals surface area (Å²) in [5.41, 5.74) is 1.30. The summed E-state index contributed by atoms with van der Waals surface area (Å²) in [6.07, 6.45) is 4.32. The lowest BCUT2D eigenvalue weighted by molar-refractivity contribution is -0.120. The van der Waals surface area contributed by atoms with Crippen molar-refractivity contribution >= 4 is 29.3 Å². The summed E-state index contributed by atoms with van der Waals surface area (Å²) in [5.74, 6) is -2.15. The van der Waals surface area contributed by atoms with Gasteiger partial charge in [-0.1, -0.05) is 23.7 Å². The van der Waals surface area contributed by atoms with Crippen LogP contribution in [0.4, 0.5) is 4.39 Å². The van der Waals surface area contributed by atoms with E-state index < -0.39 is 23.5 Å². The topological polar surface area (TPSA) is 126 Å². The van der Waals surface area contributed by atoms with Gasteiger partial charge in [0, 0.05) is 31.5 Å². The van der Waals surface area contributed by atoms with E-state index in [1.807, 2.05) is 6.07 Å². The van der Waals surface area contributed by atoms with Crippen molar-refractivity contribution in [1.82, 2.24) is 30.9 Å². The van der Waals surface area contributed by atoms with E-state index >= 15 is 0 Å². The molecule has 11 heteroatoms. The van der Waals surface area contributed by atoms with Crippen LogP contribution < -0.4 is 16.0 Å². The van der Waals surface area contributed by atoms with Crippen LogP contribution in [0.1, 0.15) is 32.1 Å². The molecule has 3 amide bonds. The fourth-order valence-corrected chi connectivity index (χ4v) is 2.75. The number of hydrogen-bond acceptors (Lipinski definition) is 6. The largest absolute Gasteiger partial charge is 0.350 e. The van der Waals surface area contributed by atoms with Crippen molar-refractivity contribution in [2.75, 3.05) is 6.54 Å². The maximum absolute atomic E-state index is 13.2. The first kappa shape index (κ1) is 22.8. The quantitative estimate of drug-likeness (QED) is 0.473. The average Bonchev–Trinajstić information content (AvgIpc) is 2.82. The minimum absolute atomic E-state index is 0.0422. The predicted molar refractivity (Wildman–Crippen MR) is 113 cm³/mol. The van der Waals surface area contributed by atoms with Gasteiger partial charge >= 0.3 is 0 Å². The van der Waals surface area contributed by atoms with Crippen molar-refractivity contribution in [3.05, 3.63) is 88.5 Å². The van der Waals surface area contributed by atoms with Crippen molar-refractivity contribution in [2.45, 2.75) is 13.1 Å². The normalized spacial score (nSPS) is 10.3. The highest BCUT2D eigenvalue weighted by Crippen LogP contribution is 2.15. The van der Waals surface area contributed by atoms with Crippen molar-refractivity contribution in [3.63, 3.8) is 0 Å². The van der Waals surface area contributed by atoms with Gasteiger partial charge in [0.15, 0.2) is 0 Å². The number of hydrogen-bond donors (Lipinski definition) is 3. The minimum Gasteiger partial charge on any atom is -0.350 e. The van der Waals surface area contributed by atoms with Crippen molar-refractivity contribution in [1.29, 1.82) is 0 Å². The molecule has 32 heavy (non-hydrogen) atoms. The summed E-state index contributed by atoms with van der Waals surface area (Å²) in [6.45, 7) is 0.0943. The molecule has 1 aromatic carbocycles. The van der Waals surface area contributed by atoms with Crippen LogP contribution >= 0.6 is 11.6 Å². The zero-order valence-corrected chi connectivity index (χ0v) is 17.4. The number of pyridine rings is 1. The van der Waals surface area contributed by atoms with Gasteiger partial charge in [-0.25, -0.2) is 14.4 Å². The van der Waals surface area contributed by atoms with E-state index in [2.05, 4.69) is 30.9 Å². The van der Waals surface area contributed by atoms with Gasteiger partial charge in [-0.3, -0.25) is 19.4 Å². The summed E-state index contributed by atoms with van der Waals surface area (Å²) in [4.78, 5) is 48.1. The zero-order chi connectivity index (χ0) is 22.9. The standard InChI is InChI=1S/C21H18ClFN6O3/c22-15-6-13(3-4-16(15)23)9-26-20(31)17-7-18(29-12-28-17)21(32)27-11-19(30)25-10-14-2-1-5-24-8-14/h1-8,12H,9-11H2,(H,25,30)(H,26,31)(H,27,32). The number of aromatic nitrogens is 3. The average molecular weight is 457 g/mol. The molecule has 0 saturated heterocycles. The van der Waals surface area contributed by atoms with Crippen LogP contribution in [0.25, 0.3) is 0 Å². The maximum atomic E-state index is 13.2. The number of nitrogens with zero attached hydrogens (tertiary/aromatic N) is 3. The molecule has 0 atom stereocenters. The molecule has 0 aliphatic heterocycles. The van der Waals surface area contributed by atoms with E-state index in [-0.39, 0.29) is 36.0 Å². The van der Waals surface area contributed by atoms with Gasteiger partial charge in [0.05, 0.1) is 11.6 Å². The molecule has 0 aliphatic rings. The molecule has 0 unspecified atom stereocenters. The third-order valence-electron chi connectivity index (χ3n) is 4.19. The molecular formula is C21H18ClFN6O3. The number of nitrogens with one attached hydrogen (secondary N) is 3. The van der Waals surface area contributed by atoms with Crippen LogP contribution in [0, 0.1) is 5.82 Å². The Morgan fingerprint density at radius 1 is 0.906 bits per heavy atom. The molecule has 0 fully saturated rings. The van der Waals surface area contributed by atoms with E-state index in [0.717, 1.165) is 11.9 Å². The summed E-state index contributed by atoms with van der Waals surface area (Å²) in [5, 5.41) is 7.63. The Balaban J connectivity index is 1.50. The molecule has 9 nitrogen and oxygen atoms in total.